The van der Waals surface area contributed by atoms with Crippen LogP contribution in [-0.2, 0) is 22.6 Å². The average molecular weight is 378 g/mol. The van der Waals surface area contributed by atoms with Gasteiger partial charge in [0.2, 0.25) is 5.91 Å². The van der Waals surface area contributed by atoms with Crippen LogP contribution in [0.4, 0.5) is 0 Å². The lowest BCUT2D eigenvalue weighted by molar-refractivity contribution is -0.130. The van der Waals surface area contributed by atoms with Gasteiger partial charge in [0.25, 0.3) is 0 Å². The fourth-order valence-corrected chi connectivity index (χ4v) is 3.54. The van der Waals surface area contributed by atoms with Gasteiger partial charge in [0.15, 0.2) is 5.16 Å². The second-order valence-electron chi connectivity index (χ2n) is 5.91. The molecule has 0 aliphatic rings. The lowest BCUT2D eigenvalue weighted by Crippen LogP contribution is -2.36. The van der Waals surface area contributed by atoms with E-state index in [0.717, 1.165) is 5.56 Å². The molecule has 142 valence electrons. The van der Waals surface area contributed by atoms with Crippen molar-refractivity contribution < 1.29 is 9.53 Å². The Kier molecular flexibility index (Phi) is 7.93. The number of aromatic amines is 1. The van der Waals surface area contributed by atoms with E-state index in [0.29, 0.717) is 37.8 Å². The highest BCUT2D eigenvalue weighted by atomic mass is 32.2. The quantitative estimate of drug-likeness (QED) is 0.506. The summed E-state index contributed by atoms with van der Waals surface area (Å²) < 4.78 is 6.58. The van der Waals surface area contributed by atoms with Crippen LogP contribution in [-0.4, -0.2) is 51.1 Å². The van der Waals surface area contributed by atoms with Crippen LogP contribution in [0.2, 0.25) is 0 Å². The van der Waals surface area contributed by atoms with Crippen LogP contribution in [0.3, 0.4) is 0 Å². The topological polar surface area (TPSA) is 80.2 Å². The molecule has 8 heteroatoms. The third-order valence-corrected chi connectivity index (χ3v) is 5.07. The Balaban J connectivity index is 2.02. The number of rotatable bonds is 10. The van der Waals surface area contributed by atoms with Gasteiger partial charge in [0.05, 0.1) is 5.25 Å². The number of hydrogen-bond acceptors (Lipinski definition) is 5. The summed E-state index contributed by atoms with van der Waals surface area (Å²) in [6.45, 7) is 6.08. The molecule has 1 heterocycles. The minimum atomic E-state index is -0.338. The zero-order valence-corrected chi connectivity index (χ0v) is 16.3. The maximum Gasteiger partial charge on any atom is 0.343 e. The molecule has 1 N–H and O–H groups in total. The summed E-state index contributed by atoms with van der Waals surface area (Å²) >= 11 is 1.30. The first-order valence-electron chi connectivity index (χ1n) is 8.70. The Bertz CT molecular complexity index is 744. The average Bonchev–Trinajstić information content (AvgIpc) is 3.00. The molecule has 2 rings (SSSR count). The van der Waals surface area contributed by atoms with Crippen LogP contribution in [0.1, 0.15) is 25.8 Å². The molecule has 0 aliphatic heterocycles. The number of H-pyrrole nitrogens is 1. The highest BCUT2D eigenvalue weighted by Gasteiger charge is 2.23. The molecule has 0 radical (unpaired) electrons. The van der Waals surface area contributed by atoms with Gasteiger partial charge in [0.1, 0.15) is 0 Å². The third kappa shape index (κ3) is 5.47. The van der Waals surface area contributed by atoms with Crippen molar-refractivity contribution in [3.63, 3.8) is 0 Å². The maximum atomic E-state index is 12.8. The molecule has 0 fully saturated rings. The Morgan fingerprint density at radius 1 is 1.38 bits per heavy atom. The molecule has 0 saturated carbocycles. The van der Waals surface area contributed by atoms with E-state index < -0.39 is 0 Å². The predicted molar refractivity (Wildman–Crippen MR) is 102 cm³/mol. The molecular formula is C18H26N4O3S. The first-order valence-corrected chi connectivity index (χ1v) is 9.58. The molecule has 1 atom stereocenters. The number of carbonyl (C=O) groups is 1. The lowest BCUT2D eigenvalue weighted by Gasteiger charge is -2.24. The lowest BCUT2D eigenvalue weighted by atomic mass is 10.2. The van der Waals surface area contributed by atoms with Crippen LogP contribution < -0.4 is 5.69 Å². The van der Waals surface area contributed by atoms with Crippen molar-refractivity contribution in [3.05, 3.63) is 46.4 Å². The predicted octanol–water partition coefficient (Wildman–Crippen LogP) is 2.14. The van der Waals surface area contributed by atoms with Crippen LogP contribution >= 0.6 is 11.8 Å². The minimum Gasteiger partial charge on any atom is -0.385 e. The molecular weight excluding hydrogens is 352 g/mol. The fourth-order valence-electron chi connectivity index (χ4n) is 2.57. The van der Waals surface area contributed by atoms with Crippen LogP contribution in [0.5, 0.6) is 0 Å². The van der Waals surface area contributed by atoms with Crippen LogP contribution in [0.25, 0.3) is 0 Å². The number of aromatic nitrogens is 3. The second-order valence-corrected chi connectivity index (χ2v) is 7.22. The van der Waals surface area contributed by atoms with Gasteiger partial charge in [-0.2, -0.15) is 0 Å². The molecule has 1 unspecified atom stereocenters. The largest absolute Gasteiger partial charge is 0.385 e. The number of thioether (sulfide) groups is 1. The third-order valence-electron chi connectivity index (χ3n) is 3.99. The van der Waals surface area contributed by atoms with E-state index >= 15 is 0 Å². The van der Waals surface area contributed by atoms with Gasteiger partial charge < -0.3 is 9.64 Å². The molecule has 1 aromatic heterocycles. The number of ether oxygens (including phenoxy) is 1. The van der Waals surface area contributed by atoms with Crippen LogP contribution in [0.15, 0.2) is 40.3 Å². The summed E-state index contributed by atoms with van der Waals surface area (Å²) in [5, 5.41) is 6.72. The number of amides is 1. The molecule has 1 aromatic carbocycles. The molecule has 1 amide bonds. The normalized spacial score (nSPS) is 12.1. The zero-order chi connectivity index (χ0) is 18.9. The highest BCUT2D eigenvalue weighted by molar-refractivity contribution is 8.00. The monoisotopic (exact) mass is 378 g/mol. The number of carbonyl (C=O) groups excluding carboxylic acids is 1. The molecule has 0 bridgehead atoms. The van der Waals surface area contributed by atoms with E-state index in [9.17, 15) is 9.59 Å². The van der Waals surface area contributed by atoms with E-state index in [4.69, 9.17) is 4.74 Å². The number of nitrogens with one attached hydrogen (secondary N) is 1. The smallest absolute Gasteiger partial charge is 0.343 e. The molecule has 26 heavy (non-hydrogen) atoms. The van der Waals surface area contributed by atoms with Crippen molar-refractivity contribution in [3.8, 4) is 0 Å². The zero-order valence-electron chi connectivity index (χ0n) is 15.5. The summed E-state index contributed by atoms with van der Waals surface area (Å²) in [6, 6.07) is 9.91. The Morgan fingerprint density at radius 3 is 2.77 bits per heavy atom. The van der Waals surface area contributed by atoms with Gasteiger partial charge in [-0.3, -0.25) is 9.36 Å². The molecule has 2 aromatic rings. The highest BCUT2D eigenvalue weighted by Crippen LogP contribution is 2.22. The van der Waals surface area contributed by atoms with Gasteiger partial charge in [-0.15, -0.1) is 5.10 Å². The van der Waals surface area contributed by atoms with Gasteiger partial charge in [-0.25, -0.2) is 9.89 Å². The number of nitrogens with zero attached hydrogens (tertiary/aromatic N) is 3. The van der Waals surface area contributed by atoms with E-state index in [1.165, 1.54) is 11.8 Å². The van der Waals surface area contributed by atoms with Gasteiger partial charge >= 0.3 is 5.69 Å². The minimum absolute atomic E-state index is 0.0280. The molecule has 0 saturated heterocycles. The Hall–Kier alpha value is -2.06. The summed E-state index contributed by atoms with van der Waals surface area (Å²) in [5.74, 6) is 0.0280. The van der Waals surface area contributed by atoms with E-state index in [1.807, 2.05) is 49.1 Å². The van der Waals surface area contributed by atoms with E-state index in [2.05, 4.69) is 10.2 Å². The summed E-state index contributed by atoms with van der Waals surface area (Å²) in [7, 11) is 1.63. The van der Waals surface area contributed by atoms with Crippen molar-refractivity contribution >= 4 is 17.7 Å². The Labute approximate surface area is 157 Å². The molecule has 7 nitrogen and oxygen atoms in total. The number of hydrogen-bond donors (Lipinski definition) is 1. The second kappa shape index (κ2) is 10.2. The van der Waals surface area contributed by atoms with Gasteiger partial charge in [0, 0.05) is 33.4 Å². The van der Waals surface area contributed by atoms with Crippen molar-refractivity contribution in [2.24, 2.45) is 0 Å². The SMILES string of the molecule is CCN(Cc1ccccc1)C(=O)C(C)Sc1n[nH]c(=O)n1CCCOC. The van der Waals surface area contributed by atoms with Crippen molar-refractivity contribution in [1.82, 2.24) is 19.7 Å². The van der Waals surface area contributed by atoms with Gasteiger partial charge in [-0.1, -0.05) is 42.1 Å². The fraction of sp³-hybridized carbons (Fsp3) is 0.500. The number of benzene rings is 1. The molecule has 0 spiro atoms. The summed E-state index contributed by atoms with van der Waals surface area (Å²) in [6.07, 6.45) is 0.709. The standard InChI is InChI=1S/C18H26N4O3S/c1-4-21(13-15-9-6-5-7-10-15)16(23)14(2)26-18-20-19-17(24)22(18)11-8-12-25-3/h5-7,9-10,14H,4,8,11-13H2,1-3H3,(H,19,24). The molecule has 0 aliphatic carbocycles. The Morgan fingerprint density at radius 2 is 2.12 bits per heavy atom. The van der Waals surface area contributed by atoms with Crippen molar-refractivity contribution in [2.75, 3.05) is 20.3 Å². The van der Waals surface area contributed by atoms with Gasteiger partial charge in [-0.05, 0) is 25.8 Å². The number of methoxy groups -OCH3 is 1. The summed E-state index contributed by atoms with van der Waals surface area (Å²) in [4.78, 5) is 26.5. The van der Waals surface area contributed by atoms with Crippen LogP contribution in [0, 0.1) is 0 Å². The van der Waals surface area contributed by atoms with Crippen molar-refractivity contribution in [1.29, 1.82) is 0 Å². The summed E-state index contributed by atoms with van der Waals surface area (Å²) in [5.41, 5.74) is 0.830. The van der Waals surface area contributed by atoms with Crippen molar-refractivity contribution in [2.45, 2.75) is 43.8 Å². The first kappa shape index (κ1) is 20.3. The van der Waals surface area contributed by atoms with E-state index in [1.54, 1.807) is 11.7 Å². The van der Waals surface area contributed by atoms with E-state index in [-0.39, 0.29) is 16.8 Å². The maximum absolute atomic E-state index is 12.8. The first-order chi connectivity index (χ1) is 12.6.